The molecule has 2 heteroatoms. The minimum absolute atomic E-state index is 0.146. The van der Waals surface area contributed by atoms with E-state index in [4.69, 9.17) is 5.73 Å². The van der Waals surface area contributed by atoms with Gasteiger partial charge in [-0.3, -0.25) is 4.98 Å². The second-order valence-electron chi connectivity index (χ2n) is 6.06. The zero-order valence-corrected chi connectivity index (χ0v) is 12.3. The minimum Gasteiger partial charge on any atom is -0.324 e. The summed E-state index contributed by atoms with van der Waals surface area (Å²) in [6.07, 6.45) is 8.43. The summed E-state index contributed by atoms with van der Waals surface area (Å²) in [5.74, 6) is 1.41. The van der Waals surface area contributed by atoms with Crippen molar-refractivity contribution in [3.8, 4) is 0 Å². The van der Waals surface area contributed by atoms with Crippen molar-refractivity contribution in [2.75, 3.05) is 0 Å². The topological polar surface area (TPSA) is 38.9 Å². The van der Waals surface area contributed by atoms with Gasteiger partial charge in [-0.1, -0.05) is 50.8 Å². The fourth-order valence-corrected chi connectivity index (χ4v) is 3.86. The van der Waals surface area contributed by atoms with Gasteiger partial charge in [0.05, 0.1) is 5.52 Å². The van der Waals surface area contributed by atoms with Crippen LogP contribution in [0.2, 0.25) is 0 Å². The van der Waals surface area contributed by atoms with Crippen molar-refractivity contribution in [2.45, 2.75) is 45.1 Å². The van der Waals surface area contributed by atoms with Crippen LogP contribution in [-0.4, -0.2) is 4.98 Å². The molecule has 106 valence electrons. The predicted octanol–water partition coefficient (Wildman–Crippen LogP) is 4.45. The van der Waals surface area contributed by atoms with Crippen LogP contribution in [0.25, 0.3) is 10.9 Å². The standard InChI is InChI=1S/C18H24N2/c1-2-13-7-3-4-8-14(13)18(19)16-9-5-11-17-15(16)10-6-12-20-17/h5-6,9-14,18H,2-4,7-8,19H2,1H3. The van der Waals surface area contributed by atoms with Crippen LogP contribution >= 0.6 is 0 Å². The lowest BCUT2D eigenvalue weighted by Crippen LogP contribution is -2.30. The van der Waals surface area contributed by atoms with Gasteiger partial charge in [0.15, 0.2) is 0 Å². The molecule has 0 aliphatic heterocycles. The van der Waals surface area contributed by atoms with Gasteiger partial charge in [0.25, 0.3) is 0 Å². The number of benzene rings is 1. The van der Waals surface area contributed by atoms with Gasteiger partial charge in [-0.2, -0.15) is 0 Å². The molecule has 0 amide bonds. The van der Waals surface area contributed by atoms with E-state index in [1.54, 1.807) is 0 Å². The largest absolute Gasteiger partial charge is 0.324 e. The van der Waals surface area contributed by atoms with Gasteiger partial charge >= 0.3 is 0 Å². The number of pyridine rings is 1. The Hall–Kier alpha value is -1.41. The molecule has 0 radical (unpaired) electrons. The Balaban J connectivity index is 1.97. The van der Waals surface area contributed by atoms with Crippen LogP contribution in [0.15, 0.2) is 36.5 Å². The number of fused-ring (bicyclic) bond motifs is 1. The van der Waals surface area contributed by atoms with E-state index in [2.05, 4.69) is 36.2 Å². The summed E-state index contributed by atoms with van der Waals surface area (Å²) in [5, 5.41) is 1.22. The summed E-state index contributed by atoms with van der Waals surface area (Å²) >= 11 is 0. The van der Waals surface area contributed by atoms with Crippen LogP contribution in [0.4, 0.5) is 0 Å². The molecule has 2 N–H and O–H groups in total. The van der Waals surface area contributed by atoms with Crippen LogP contribution in [0.5, 0.6) is 0 Å². The Morgan fingerprint density at radius 2 is 2.05 bits per heavy atom. The molecule has 3 atom stereocenters. The van der Waals surface area contributed by atoms with Crippen molar-refractivity contribution in [3.05, 3.63) is 42.1 Å². The van der Waals surface area contributed by atoms with E-state index in [9.17, 15) is 0 Å². The number of nitrogens with zero attached hydrogens (tertiary/aromatic N) is 1. The number of hydrogen-bond acceptors (Lipinski definition) is 2. The van der Waals surface area contributed by atoms with Gasteiger partial charge in [-0.15, -0.1) is 0 Å². The molecule has 3 unspecified atom stereocenters. The molecule has 20 heavy (non-hydrogen) atoms. The van der Waals surface area contributed by atoms with Crippen molar-refractivity contribution in [2.24, 2.45) is 17.6 Å². The quantitative estimate of drug-likeness (QED) is 0.893. The number of nitrogens with two attached hydrogens (primary N) is 1. The Morgan fingerprint density at radius 3 is 2.90 bits per heavy atom. The summed E-state index contributed by atoms with van der Waals surface area (Å²) in [7, 11) is 0. The highest BCUT2D eigenvalue weighted by molar-refractivity contribution is 5.82. The Kier molecular flexibility index (Phi) is 4.02. The van der Waals surface area contributed by atoms with E-state index < -0.39 is 0 Å². The highest BCUT2D eigenvalue weighted by Gasteiger charge is 2.30. The normalized spacial score (nSPS) is 24.7. The maximum absolute atomic E-state index is 6.67. The second kappa shape index (κ2) is 5.92. The zero-order chi connectivity index (χ0) is 13.9. The van der Waals surface area contributed by atoms with Crippen molar-refractivity contribution in [3.63, 3.8) is 0 Å². The van der Waals surface area contributed by atoms with E-state index in [1.807, 2.05) is 12.3 Å². The van der Waals surface area contributed by atoms with E-state index in [-0.39, 0.29) is 6.04 Å². The molecule has 1 aliphatic carbocycles. The second-order valence-corrected chi connectivity index (χ2v) is 6.06. The minimum atomic E-state index is 0.146. The maximum Gasteiger partial charge on any atom is 0.0705 e. The Labute approximate surface area is 121 Å². The van der Waals surface area contributed by atoms with Crippen LogP contribution in [-0.2, 0) is 0 Å². The molecule has 1 aromatic carbocycles. The summed E-state index contributed by atoms with van der Waals surface area (Å²) in [6.45, 7) is 2.31. The van der Waals surface area contributed by atoms with Gasteiger partial charge in [-0.05, 0) is 36.0 Å². The third-order valence-electron chi connectivity index (χ3n) is 4.99. The number of rotatable bonds is 3. The average molecular weight is 268 g/mol. The summed E-state index contributed by atoms with van der Waals surface area (Å²) in [5.41, 5.74) is 9.01. The molecule has 0 spiro atoms. The van der Waals surface area contributed by atoms with Gasteiger partial charge in [0.1, 0.15) is 0 Å². The van der Waals surface area contributed by atoms with Crippen molar-refractivity contribution < 1.29 is 0 Å². The lowest BCUT2D eigenvalue weighted by molar-refractivity contribution is 0.197. The molecular weight excluding hydrogens is 244 g/mol. The molecule has 2 nitrogen and oxygen atoms in total. The van der Waals surface area contributed by atoms with E-state index in [0.717, 1.165) is 11.4 Å². The van der Waals surface area contributed by atoms with Gasteiger partial charge in [0.2, 0.25) is 0 Å². The Bertz CT molecular complexity index is 573. The third-order valence-corrected chi connectivity index (χ3v) is 4.99. The molecule has 2 aromatic rings. The van der Waals surface area contributed by atoms with Crippen molar-refractivity contribution in [1.82, 2.24) is 4.98 Å². The monoisotopic (exact) mass is 268 g/mol. The van der Waals surface area contributed by atoms with Crippen LogP contribution < -0.4 is 5.73 Å². The summed E-state index contributed by atoms with van der Waals surface area (Å²) in [6, 6.07) is 10.7. The predicted molar refractivity (Wildman–Crippen MR) is 84.4 cm³/mol. The molecule has 1 saturated carbocycles. The third kappa shape index (κ3) is 2.45. The average Bonchev–Trinajstić information content (AvgIpc) is 2.53. The van der Waals surface area contributed by atoms with Crippen LogP contribution in [0, 0.1) is 11.8 Å². The van der Waals surface area contributed by atoms with Crippen molar-refractivity contribution in [1.29, 1.82) is 0 Å². The first-order chi connectivity index (χ1) is 9.81. The zero-order valence-electron chi connectivity index (χ0n) is 12.3. The molecule has 1 heterocycles. The molecule has 1 aliphatic rings. The van der Waals surface area contributed by atoms with Gasteiger partial charge in [-0.25, -0.2) is 0 Å². The smallest absolute Gasteiger partial charge is 0.0705 e. The summed E-state index contributed by atoms with van der Waals surface area (Å²) < 4.78 is 0. The van der Waals surface area contributed by atoms with Crippen LogP contribution in [0.3, 0.4) is 0 Å². The van der Waals surface area contributed by atoms with Gasteiger partial charge < -0.3 is 5.73 Å². The lowest BCUT2D eigenvalue weighted by Gasteiger charge is -2.35. The molecular formula is C18H24N2. The highest BCUT2D eigenvalue weighted by atomic mass is 14.7. The summed E-state index contributed by atoms with van der Waals surface area (Å²) in [4.78, 5) is 4.45. The molecule has 1 aromatic heterocycles. The SMILES string of the molecule is CCC1CCCCC1C(N)c1cccc2ncccc12. The Morgan fingerprint density at radius 1 is 1.20 bits per heavy atom. The van der Waals surface area contributed by atoms with Gasteiger partial charge in [0, 0.05) is 17.6 Å². The molecule has 0 saturated heterocycles. The highest BCUT2D eigenvalue weighted by Crippen LogP contribution is 2.40. The number of hydrogen-bond donors (Lipinski definition) is 1. The fourth-order valence-electron chi connectivity index (χ4n) is 3.86. The van der Waals surface area contributed by atoms with E-state index in [1.165, 1.54) is 43.1 Å². The van der Waals surface area contributed by atoms with Crippen LogP contribution in [0.1, 0.15) is 50.6 Å². The lowest BCUT2D eigenvalue weighted by atomic mass is 9.72. The number of aromatic nitrogens is 1. The fraction of sp³-hybridized carbons (Fsp3) is 0.500. The van der Waals surface area contributed by atoms with E-state index in [0.29, 0.717) is 5.92 Å². The first-order valence-electron chi connectivity index (χ1n) is 7.90. The van der Waals surface area contributed by atoms with Crippen molar-refractivity contribution >= 4 is 10.9 Å². The maximum atomic E-state index is 6.67. The van der Waals surface area contributed by atoms with E-state index >= 15 is 0 Å². The first-order valence-corrected chi connectivity index (χ1v) is 7.90. The molecule has 3 rings (SSSR count). The molecule has 0 bridgehead atoms. The molecule has 1 fully saturated rings. The first kappa shape index (κ1) is 13.6.